The topological polar surface area (TPSA) is 89.8 Å². The van der Waals surface area contributed by atoms with Gasteiger partial charge in [0.05, 0.1) is 0 Å². The van der Waals surface area contributed by atoms with Gasteiger partial charge in [0, 0.05) is 33.7 Å². The number of H-pyrrole nitrogens is 2. The lowest BCUT2D eigenvalue weighted by molar-refractivity contribution is -0.121. The van der Waals surface area contributed by atoms with Crippen LogP contribution >= 0.6 is 15.9 Å². The molecule has 0 fully saturated rings. The Morgan fingerprint density at radius 3 is 2.53 bits per heavy atom. The quantitative estimate of drug-likeness (QED) is 0.325. The van der Waals surface area contributed by atoms with Gasteiger partial charge < -0.3 is 9.97 Å². The Labute approximate surface area is 180 Å². The summed E-state index contributed by atoms with van der Waals surface area (Å²) >= 11 is 3.25. The van der Waals surface area contributed by atoms with E-state index in [1.165, 1.54) is 12.1 Å². The third-order valence-corrected chi connectivity index (χ3v) is 5.21. The first-order chi connectivity index (χ1) is 14.5. The fourth-order valence-electron chi connectivity index (χ4n) is 3.32. The van der Waals surface area contributed by atoms with Gasteiger partial charge >= 0.3 is 0 Å². The predicted octanol–water partition coefficient (Wildman–Crippen LogP) is 4.46. The molecule has 2 aromatic carbocycles. The predicted molar refractivity (Wildman–Crippen MR) is 116 cm³/mol. The molecule has 152 valence electrons. The summed E-state index contributed by atoms with van der Waals surface area (Å²) in [5.74, 6) is -1.06. The first-order valence-electron chi connectivity index (χ1n) is 9.30. The number of hydrazine groups is 1. The van der Waals surface area contributed by atoms with Crippen LogP contribution in [0.15, 0.2) is 65.3 Å². The molecule has 4 N–H and O–H groups in total. The van der Waals surface area contributed by atoms with Crippen molar-refractivity contribution in [3.05, 3.63) is 82.3 Å². The van der Waals surface area contributed by atoms with Gasteiger partial charge in [-0.2, -0.15) is 0 Å². The maximum Gasteiger partial charge on any atom is 0.286 e. The van der Waals surface area contributed by atoms with Crippen LogP contribution in [0.25, 0.3) is 22.2 Å². The van der Waals surface area contributed by atoms with Crippen LogP contribution in [0.2, 0.25) is 0 Å². The van der Waals surface area contributed by atoms with Crippen molar-refractivity contribution < 1.29 is 14.0 Å². The molecule has 6 nitrogen and oxygen atoms in total. The van der Waals surface area contributed by atoms with Crippen LogP contribution in [0.3, 0.4) is 0 Å². The van der Waals surface area contributed by atoms with Crippen LogP contribution in [0.5, 0.6) is 0 Å². The maximum absolute atomic E-state index is 13.3. The van der Waals surface area contributed by atoms with Crippen molar-refractivity contribution in [2.45, 2.75) is 12.8 Å². The van der Waals surface area contributed by atoms with Crippen LogP contribution in [0, 0.1) is 5.82 Å². The van der Waals surface area contributed by atoms with Crippen LogP contribution in [0.4, 0.5) is 4.39 Å². The van der Waals surface area contributed by atoms with Crippen molar-refractivity contribution >= 4 is 38.6 Å². The molecule has 2 amide bonds. The molecule has 0 saturated carbocycles. The number of fused-ring (bicyclic) bond motifs is 1. The third-order valence-electron chi connectivity index (χ3n) is 4.76. The largest absolute Gasteiger partial charge is 0.356 e. The zero-order valence-electron chi connectivity index (χ0n) is 15.8. The average Bonchev–Trinajstić information content (AvgIpc) is 3.34. The highest BCUT2D eigenvalue weighted by atomic mass is 79.9. The fourth-order valence-corrected chi connectivity index (χ4v) is 3.66. The summed E-state index contributed by atoms with van der Waals surface area (Å²) in [5.41, 5.74) is 8.76. The molecule has 2 heterocycles. The highest BCUT2D eigenvalue weighted by Gasteiger charge is 2.15. The molecule has 0 spiro atoms. The Morgan fingerprint density at radius 2 is 1.80 bits per heavy atom. The highest BCUT2D eigenvalue weighted by molar-refractivity contribution is 9.10. The number of nitrogens with one attached hydrogen (secondary N) is 4. The highest BCUT2D eigenvalue weighted by Crippen LogP contribution is 2.31. The molecule has 30 heavy (non-hydrogen) atoms. The number of carbonyl (C=O) groups excluding carboxylic acids is 2. The van der Waals surface area contributed by atoms with Gasteiger partial charge in [0.15, 0.2) is 0 Å². The van der Waals surface area contributed by atoms with Gasteiger partial charge in [0.1, 0.15) is 11.5 Å². The number of halogens is 2. The van der Waals surface area contributed by atoms with E-state index in [9.17, 15) is 14.0 Å². The van der Waals surface area contributed by atoms with E-state index in [0.29, 0.717) is 12.1 Å². The minimum Gasteiger partial charge on any atom is -0.356 e. The lowest BCUT2D eigenvalue weighted by Crippen LogP contribution is -2.41. The molecule has 0 unspecified atom stereocenters. The smallest absolute Gasteiger partial charge is 0.286 e. The summed E-state index contributed by atoms with van der Waals surface area (Å²) in [4.78, 5) is 30.5. The van der Waals surface area contributed by atoms with E-state index in [2.05, 4.69) is 36.7 Å². The van der Waals surface area contributed by atoms with Crippen LogP contribution in [-0.2, 0) is 11.2 Å². The van der Waals surface area contributed by atoms with Gasteiger partial charge in [-0.1, -0.05) is 18.2 Å². The Kier molecular flexibility index (Phi) is 5.67. The number of carbonyl (C=O) groups is 2. The first-order valence-corrected chi connectivity index (χ1v) is 10.1. The molecule has 4 aromatic rings. The van der Waals surface area contributed by atoms with Gasteiger partial charge in [0.25, 0.3) is 5.91 Å². The summed E-state index contributed by atoms with van der Waals surface area (Å²) in [6, 6.07) is 15.6. The van der Waals surface area contributed by atoms with Gasteiger partial charge in [-0.05, 0) is 69.9 Å². The molecule has 0 saturated heterocycles. The monoisotopic (exact) mass is 468 g/mol. The maximum atomic E-state index is 13.3. The number of amides is 2. The SMILES string of the molecule is O=C(CCc1c(-c2ccc(F)cc2)[nH]c2ccccc12)NNC(=O)c1cc(Br)c[nH]1. The molecule has 4 rings (SSSR count). The fraction of sp³-hybridized carbons (Fsp3) is 0.0909. The zero-order valence-corrected chi connectivity index (χ0v) is 17.3. The molecule has 0 radical (unpaired) electrons. The van der Waals surface area contributed by atoms with Crippen molar-refractivity contribution in [1.82, 2.24) is 20.8 Å². The van der Waals surface area contributed by atoms with Crippen LogP contribution in [-0.4, -0.2) is 21.8 Å². The van der Waals surface area contributed by atoms with Crippen molar-refractivity contribution in [1.29, 1.82) is 0 Å². The van der Waals surface area contributed by atoms with E-state index in [1.807, 2.05) is 24.3 Å². The summed E-state index contributed by atoms with van der Waals surface area (Å²) in [6.45, 7) is 0. The number of aryl methyl sites for hydroxylation is 1. The normalized spacial score (nSPS) is 10.9. The molecule has 0 aliphatic heterocycles. The standard InChI is InChI=1S/C22H18BrFN4O2/c23-14-11-19(25-12-14)22(30)28-27-20(29)10-9-17-16-3-1-2-4-18(16)26-21(17)13-5-7-15(24)8-6-13/h1-8,11-12,25-26H,9-10H2,(H,27,29)(H,28,30). The molecular formula is C22H18BrFN4O2. The average molecular weight is 469 g/mol. The summed E-state index contributed by atoms with van der Waals surface area (Å²) < 4.78 is 14.1. The zero-order chi connectivity index (χ0) is 21.1. The second-order valence-corrected chi connectivity index (χ2v) is 7.68. The number of benzene rings is 2. The minimum atomic E-state index is -0.437. The second kappa shape index (κ2) is 8.54. The van der Waals surface area contributed by atoms with E-state index >= 15 is 0 Å². The molecule has 0 bridgehead atoms. The van der Waals surface area contributed by atoms with Gasteiger partial charge in [-0.15, -0.1) is 0 Å². The lowest BCUT2D eigenvalue weighted by Gasteiger charge is -2.08. The number of para-hydroxylation sites is 1. The number of hydrogen-bond acceptors (Lipinski definition) is 2. The van der Waals surface area contributed by atoms with Crippen LogP contribution in [0.1, 0.15) is 22.5 Å². The molecule has 8 heteroatoms. The van der Waals surface area contributed by atoms with Crippen LogP contribution < -0.4 is 10.9 Å². The Morgan fingerprint density at radius 1 is 1.03 bits per heavy atom. The van der Waals surface area contributed by atoms with Crippen molar-refractivity contribution in [2.24, 2.45) is 0 Å². The summed E-state index contributed by atoms with van der Waals surface area (Å²) in [5, 5.41) is 1.00. The Hall–Kier alpha value is -3.39. The number of hydrogen-bond donors (Lipinski definition) is 4. The minimum absolute atomic E-state index is 0.171. The van der Waals surface area contributed by atoms with Gasteiger partial charge in [-0.25, -0.2) is 4.39 Å². The number of aromatic nitrogens is 2. The number of rotatable bonds is 5. The van der Waals surface area contributed by atoms with Gasteiger partial charge in [0.2, 0.25) is 5.91 Å². The Bertz CT molecular complexity index is 1210. The molecule has 0 atom stereocenters. The van der Waals surface area contributed by atoms with Gasteiger partial charge in [-0.3, -0.25) is 20.4 Å². The van der Waals surface area contributed by atoms with E-state index in [4.69, 9.17) is 0 Å². The van der Waals surface area contributed by atoms with E-state index in [-0.39, 0.29) is 18.1 Å². The van der Waals surface area contributed by atoms with E-state index in [1.54, 1.807) is 24.4 Å². The first kappa shape index (κ1) is 19.9. The second-order valence-electron chi connectivity index (χ2n) is 6.76. The molecule has 2 aromatic heterocycles. The summed E-state index contributed by atoms with van der Waals surface area (Å²) in [6.07, 6.45) is 2.25. The lowest BCUT2D eigenvalue weighted by atomic mass is 10.0. The van der Waals surface area contributed by atoms with E-state index < -0.39 is 5.91 Å². The van der Waals surface area contributed by atoms with Crippen molar-refractivity contribution in [3.63, 3.8) is 0 Å². The van der Waals surface area contributed by atoms with Crippen molar-refractivity contribution in [2.75, 3.05) is 0 Å². The van der Waals surface area contributed by atoms with Crippen molar-refractivity contribution in [3.8, 4) is 11.3 Å². The summed E-state index contributed by atoms with van der Waals surface area (Å²) in [7, 11) is 0. The molecule has 0 aliphatic carbocycles. The Balaban J connectivity index is 1.48. The third kappa shape index (κ3) is 4.28. The molecule has 0 aliphatic rings. The molecular weight excluding hydrogens is 451 g/mol. The van der Waals surface area contributed by atoms with E-state index in [0.717, 1.165) is 32.2 Å². The number of aromatic amines is 2.